The van der Waals surface area contributed by atoms with Crippen LogP contribution in [0.1, 0.15) is 19.8 Å². The molecule has 1 rings (SSSR count). The third-order valence-corrected chi connectivity index (χ3v) is 2.90. The molecule has 1 amide bonds. The first-order valence-corrected chi connectivity index (χ1v) is 5.78. The van der Waals surface area contributed by atoms with Gasteiger partial charge in [-0.25, -0.2) is 4.79 Å². The molecule has 1 aliphatic heterocycles. The summed E-state index contributed by atoms with van der Waals surface area (Å²) in [5.41, 5.74) is 0.687. The average Bonchev–Trinajstić information content (AvgIpc) is 2.27. The van der Waals surface area contributed by atoms with Crippen LogP contribution >= 0.6 is 0 Å². The van der Waals surface area contributed by atoms with Crippen LogP contribution in [-0.2, 0) is 4.79 Å². The van der Waals surface area contributed by atoms with Crippen LogP contribution < -0.4 is 0 Å². The van der Waals surface area contributed by atoms with E-state index in [1.54, 1.807) is 13.1 Å². The van der Waals surface area contributed by atoms with Gasteiger partial charge < -0.3 is 14.9 Å². The van der Waals surface area contributed by atoms with Gasteiger partial charge in [0.05, 0.1) is 0 Å². The Morgan fingerprint density at radius 3 is 2.59 bits per heavy atom. The van der Waals surface area contributed by atoms with Crippen molar-refractivity contribution < 1.29 is 14.7 Å². The molecular weight excluding hydrogens is 220 g/mol. The Balaban J connectivity index is 2.66. The minimum absolute atomic E-state index is 0.0599. The van der Waals surface area contributed by atoms with Crippen molar-refractivity contribution >= 4 is 11.9 Å². The highest BCUT2D eigenvalue weighted by atomic mass is 16.4. The number of rotatable bonds is 3. The molecule has 0 aromatic rings. The van der Waals surface area contributed by atoms with Crippen molar-refractivity contribution in [3.63, 3.8) is 0 Å². The Morgan fingerprint density at radius 1 is 1.41 bits per heavy atom. The van der Waals surface area contributed by atoms with E-state index in [0.717, 1.165) is 12.8 Å². The summed E-state index contributed by atoms with van der Waals surface area (Å²) >= 11 is 0. The fourth-order valence-corrected chi connectivity index (χ4v) is 2.14. The Morgan fingerprint density at radius 2 is 2.06 bits per heavy atom. The number of hydrogen-bond acceptors (Lipinski definition) is 3. The van der Waals surface area contributed by atoms with Crippen molar-refractivity contribution in [3.05, 3.63) is 11.8 Å². The van der Waals surface area contributed by atoms with E-state index < -0.39 is 6.09 Å². The van der Waals surface area contributed by atoms with Gasteiger partial charge in [0.2, 0.25) is 0 Å². The van der Waals surface area contributed by atoms with Crippen molar-refractivity contribution in [2.75, 3.05) is 27.2 Å². The number of likely N-dealkylation sites (tertiary alicyclic amines) is 1. The smallest absolute Gasteiger partial charge is 0.407 e. The molecule has 1 atom stereocenters. The number of nitrogens with zero attached hydrogens (tertiary/aromatic N) is 2. The molecule has 0 aromatic heterocycles. The Kier molecular flexibility index (Phi) is 4.54. The van der Waals surface area contributed by atoms with Gasteiger partial charge in [-0.2, -0.15) is 0 Å². The van der Waals surface area contributed by atoms with Crippen LogP contribution in [0.5, 0.6) is 0 Å². The van der Waals surface area contributed by atoms with Gasteiger partial charge in [-0.3, -0.25) is 4.79 Å². The third-order valence-electron chi connectivity index (χ3n) is 2.90. The number of piperidine rings is 1. The number of allylic oxidation sites excluding steroid dienone is 1. The number of carbonyl (C=O) groups is 2. The van der Waals surface area contributed by atoms with Gasteiger partial charge in [0.25, 0.3) is 0 Å². The highest BCUT2D eigenvalue weighted by Gasteiger charge is 2.28. The largest absolute Gasteiger partial charge is 0.465 e. The number of ketones is 1. The molecule has 0 radical (unpaired) electrons. The summed E-state index contributed by atoms with van der Waals surface area (Å²) in [6, 6.07) is 0. The lowest BCUT2D eigenvalue weighted by Crippen LogP contribution is -2.41. The van der Waals surface area contributed by atoms with Crippen LogP contribution in [0.15, 0.2) is 11.8 Å². The van der Waals surface area contributed by atoms with E-state index in [0.29, 0.717) is 18.7 Å². The van der Waals surface area contributed by atoms with Gasteiger partial charge in [-0.15, -0.1) is 0 Å². The maximum Gasteiger partial charge on any atom is 0.407 e. The highest BCUT2D eigenvalue weighted by molar-refractivity contribution is 5.96. The van der Waals surface area contributed by atoms with Gasteiger partial charge >= 0.3 is 6.09 Å². The summed E-state index contributed by atoms with van der Waals surface area (Å²) in [5, 5.41) is 8.91. The van der Waals surface area contributed by atoms with E-state index in [9.17, 15) is 9.59 Å². The fourth-order valence-electron chi connectivity index (χ4n) is 2.14. The number of amides is 1. The van der Waals surface area contributed by atoms with Crippen molar-refractivity contribution in [2.45, 2.75) is 19.8 Å². The van der Waals surface area contributed by atoms with E-state index >= 15 is 0 Å². The van der Waals surface area contributed by atoms with E-state index in [1.165, 1.54) is 4.90 Å². The lowest BCUT2D eigenvalue weighted by molar-refractivity contribution is -0.120. The first kappa shape index (κ1) is 13.5. The number of Topliss-reactive ketones (excluding diaryl/α,β-unsaturated/α-hetero) is 1. The molecule has 96 valence electrons. The molecule has 0 bridgehead atoms. The second kappa shape index (κ2) is 5.70. The SMILES string of the molecule is CC(=CN(C)C)C(=O)C1CCCN(C(=O)O)C1. The average molecular weight is 240 g/mol. The van der Waals surface area contributed by atoms with Crippen LogP contribution in [-0.4, -0.2) is 54.0 Å². The standard InChI is InChI=1S/C12H20N2O3/c1-9(7-13(2)3)11(15)10-5-4-6-14(8-10)12(16)17/h7,10H,4-6,8H2,1-3H3,(H,16,17). The number of carboxylic acid groups (broad SMARTS) is 1. The highest BCUT2D eigenvalue weighted by Crippen LogP contribution is 2.20. The van der Waals surface area contributed by atoms with E-state index in [-0.39, 0.29) is 11.7 Å². The van der Waals surface area contributed by atoms with E-state index in [1.807, 2.05) is 19.0 Å². The molecule has 0 saturated carbocycles. The molecule has 17 heavy (non-hydrogen) atoms. The molecule has 1 unspecified atom stereocenters. The topological polar surface area (TPSA) is 60.9 Å². The Labute approximate surface area is 102 Å². The molecule has 0 aliphatic carbocycles. The first-order valence-electron chi connectivity index (χ1n) is 5.78. The summed E-state index contributed by atoms with van der Waals surface area (Å²) in [6.07, 6.45) is 2.39. The predicted molar refractivity (Wildman–Crippen MR) is 64.8 cm³/mol. The van der Waals surface area contributed by atoms with Crippen molar-refractivity contribution in [1.82, 2.24) is 9.80 Å². The maximum absolute atomic E-state index is 12.1. The Hall–Kier alpha value is -1.52. The summed E-state index contributed by atoms with van der Waals surface area (Å²) in [4.78, 5) is 26.1. The van der Waals surface area contributed by atoms with Gasteiger partial charge in [0.1, 0.15) is 0 Å². The molecular formula is C12H20N2O3. The van der Waals surface area contributed by atoms with E-state index in [2.05, 4.69) is 0 Å². The van der Waals surface area contributed by atoms with Crippen LogP contribution in [0, 0.1) is 5.92 Å². The quantitative estimate of drug-likeness (QED) is 0.758. The lowest BCUT2D eigenvalue weighted by Gasteiger charge is -2.30. The maximum atomic E-state index is 12.1. The van der Waals surface area contributed by atoms with Crippen LogP contribution in [0.3, 0.4) is 0 Å². The van der Waals surface area contributed by atoms with Gasteiger partial charge in [-0.1, -0.05) is 0 Å². The minimum Gasteiger partial charge on any atom is -0.465 e. The number of hydrogen-bond donors (Lipinski definition) is 1. The lowest BCUT2D eigenvalue weighted by atomic mass is 9.91. The third kappa shape index (κ3) is 3.76. The molecule has 1 aliphatic rings. The molecule has 0 aromatic carbocycles. The molecule has 1 saturated heterocycles. The second-order valence-corrected chi connectivity index (χ2v) is 4.71. The zero-order chi connectivity index (χ0) is 13.0. The minimum atomic E-state index is -0.934. The van der Waals surface area contributed by atoms with Gasteiger partial charge in [0, 0.05) is 44.9 Å². The first-order chi connectivity index (χ1) is 7.91. The van der Waals surface area contributed by atoms with Crippen LogP contribution in [0.2, 0.25) is 0 Å². The molecule has 1 fully saturated rings. The summed E-state index contributed by atoms with van der Waals surface area (Å²) in [7, 11) is 3.72. The summed E-state index contributed by atoms with van der Waals surface area (Å²) in [5.74, 6) is -0.124. The molecule has 0 spiro atoms. The predicted octanol–water partition coefficient (Wildman–Crippen LogP) is 1.41. The van der Waals surface area contributed by atoms with Gasteiger partial charge in [0.15, 0.2) is 5.78 Å². The molecule has 1 N–H and O–H groups in total. The van der Waals surface area contributed by atoms with Crippen molar-refractivity contribution in [3.8, 4) is 0 Å². The molecule has 1 heterocycles. The van der Waals surface area contributed by atoms with Crippen molar-refractivity contribution in [1.29, 1.82) is 0 Å². The zero-order valence-electron chi connectivity index (χ0n) is 10.6. The van der Waals surface area contributed by atoms with Crippen molar-refractivity contribution in [2.24, 2.45) is 5.92 Å². The summed E-state index contributed by atoms with van der Waals surface area (Å²) in [6.45, 7) is 2.64. The fraction of sp³-hybridized carbons (Fsp3) is 0.667. The summed E-state index contributed by atoms with van der Waals surface area (Å²) < 4.78 is 0. The molecule has 5 heteroatoms. The monoisotopic (exact) mass is 240 g/mol. The number of carbonyl (C=O) groups excluding carboxylic acids is 1. The molecule has 5 nitrogen and oxygen atoms in total. The van der Waals surface area contributed by atoms with Gasteiger partial charge in [-0.05, 0) is 19.8 Å². The van der Waals surface area contributed by atoms with Crippen LogP contribution in [0.25, 0.3) is 0 Å². The zero-order valence-corrected chi connectivity index (χ0v) is 10.6. The second-order valence-electron chi connectivity index (χ2n) is 4.71. The normalized spacial score (nSPS) is 21.2. The van der Waals surface area contributed by atoms with Crippen LogP contribution in [0.4, 0.5) is 4.79 Å². The van der Waals surface area contributed by atoms with E-state index in [4.69, 9.17) is 5.11 Å². The Bertz CT molecular complexity index is 337.